The zero-order valence-electron chi connectivity index (χ0n) is 21.6. The molecule has 0 saturated heterocycles. The highest BCUT2D eigenvalue weighted by Gasteiger charge is 2.23. The van der Waals surface area contributed by atoms with Crippen LogP contribution in [-0.4, -0.2) is 59.6 Å². The summed E-state index contributed by atoms with van der Waals surface area (Å²) in [5.41, 5.74) is 3.84. The number of hydrogen-bond donors (Lipinski definition) is 1. The van der Waals surface area contributed by atoms with E-state index in [0.29, 0.717) is 52.2 Å². The Hall–Kier alpha value is -3.23. The second kappa shape index (κ2) is 12.1. The first-order valence-corrected chi connectivity index (χ1v) is 12.8. The van der Waals surface area contributed by atoms with E-state index in [1.54, 1.807) is 7.11 Å². The minimum Gasteiger partial charge on any atom is -0.377 e. The molecule has 4 rings (SSSR count). The summed E-state index contributed by atoms with van der Waals surface area (Å²) in [6, 6.07) is 15.9. The van der Waals surface area contributed by atoms with Crippen LogP contribution < -0.4 is 10.2 Å². The molecule has 0 saturated carbocycles. The average molecular weight is 492 g/mol. The molecule has 1 aliphatic rings. The zero-order valence-corrected chi connectivity index (χ0v) is 21.6. The number of ether oxygens (including phenoxy) is 1. The van der Waals surface area contributed by atoms with Crippen molar-refractivity contribution in [3.63, 3.8) is 0 Å². The van der Waals surface area contributed by atoms with Crippen molar-refractivity contribution in [2.75, 3.05) is 38.2 Å². The van der Waals surface area contributed by atoms with Crippen LogP contribution in [0.4, 0.5) is 5.69 Å². The SMILES string of the molecule is COCc1nc2ccccc2n1CC(=O)N1CCCN(C(=O)CC(C)C)c2ccccc2CNCC1. The van der Waals surface area contributed by atoms with Gasteiger partial charge in [-0.05, 0) is 36.1 Å². The number of carbonyl (C=O) groups is 2. The maximum atomic E-state index is 13.5. The molecule has 2 aromatic carbocycles. The number of para-hydroxylation sites is 3. The number of carbonyl (C=O) groups excluding carboxylic acids is 2. The number of methoxy groups -OCH3 is 1. The summed E-state index contributed by atoms with van der Waals surface area (Å²) in [5, 5.41) is 3.47. The molecule has 36 heavy (non-hydrogen) atoms. The summed E-state index contributed by atoms with van der Waals surface area (Å²) < 4.78 is 7.29. The molecule has 8 nitrogen and oxygen atoms in total. The lowest BCUT2D eigenvalue weighted by atomic mass is 10.1. The fraction of sp³-hybridized carbons (Fsp3) is 0.464. The van der Waals surface area contributed by atoms with Crippen LogP contribution >= 0.6 is 0 Å². The standard InChI is InChI=1S/C28H37N5O3/c1-21(2)17-27(34)32-15-8-14-31(16-13-29-18-22-9-4-6-11-24(22)32)28(35)19-33-25-12-7-5-10-23(25)30-26(33)20-36-3/h4-7,9-12,21,29H,8,13-20H2,1-3H3. The van der Waals surface area contributed by atoms with Gasteiger partial charge in [-0.2, -0.15) is 0 Å². The van der Waals surface area contributed by atoms with E-state index in [4.69, 9.17) is 4.74 Å². The third-order valence-electron chi connectivity index (χ3n) is 6.50. The summed E-state index contributed by atoms with van der Waals surface area (Å²) in [6.45, 7) is 7.77. The average Bonchev–Trinajstić information content (AvgIpc) is 3.17. The normalized spacial score (nSPS) is 15.1. The van der Waals surface area contributed by atoms with Crippen molar-refractivity contribution in [3.05, 3.63) is 59.9 Å². The lowest BCUT2D eigenvalue weighted by Crippen LogP contribution is -2.40. The van der Waals surface area contributed by atoms with Crippen LogP contribution in [0.5, 0.6) is 0 Å². The van der Waals surface area contributed by atoms with E-state index in [1.165, 1.54) is 0 Å². The van der Waals surface area contributed by atoms with E-state index in [0.717, 1.165) is 28.1 Å². The van der Waals surface area contributed by atoms with E-state index in [2.05, 4.69) is 30.2 Å². The van der Waals surface area contributed by atoms with Gasteiger partial charge in [0.25, 0.3) is 0 Å². The van der Waals surface area contributed by atoms with Crippen LogP contribution in [0.25, 0.3) is 11.0 Å². The van der Waals surface area contributed by atoms with Crippen molar-refractivity contribution >= 4 is 28.5 Å². The monoisotopic (exact) mass is 491 g/mol. The number of imidazole rings is 1. The Bertz CT molecular complexity index is 1190. The molecule has 0 radical (unpaired) electrons. The molecule has 2 amide bonds. The Balaban J connectivity index is 1.53. The van der Waals surface area contributed by atoms with Gasteiger partial charge in [-0.15, -0.1) is 0 Å². The van der Waals surface area contributed by atoms with Gasteiger partial charge in [0.15, 0.2) is 0 Å². The molecule has 0 bridgehead atoms. The van der Waals surface area contributed by atoms with E-state index in [9.17, 15) is 9.59 Å². The molecule has 0 aliphatic carbocycles. The minimum absolute atomic E-state index is 0.0362. The highest BCUT2D eigenvalue weighted by atomic mass is 16.5. The third-order valence-corrected chi connectivity index (χ3v) is 6.50. The largest absolute Gasteiger partial charge is 0.377 e. The number of aromatic nitrogens is 2. The number of nitrogens with zero attached hydrogens (tertiary/aromatic N) is 4. The fourth-order valence-corrected chi connectivity index (χ4v) is 4.76. The van der Waals surface area contributed by atoms with Gasteiger partial charge < -0.3 is 24.4 Å². The van der Waals surface area contributed by atoms with Crippen LogP contribution in [0.1, 0.15) is 38.1 Å². The number of nitrogens with one attached hydrogen (secondary N) is 1. The summed E-state index contributed by atoms with van der Waals surface area (Å²) >= 11 is 0. The topological polar surface area (TPSA) is 79.7 Å². The number of rotatable bonds is 6. The molecule has 1 N–H and O–H groups in total. The van der Waals surface area contributed by atoms with Crippen LogP contribution in [-0.2, 0) is 34.0 Å². The van der Waals surface area contributed by atoms with Crippen molar-refractivity contribution in [3.8, 4) is 0 Å². The molecule has 0 fully saturated rings. The van der Waals surface area contributed by atoms with E-state index in [1.807, 2.05) is 56.8 Å². The fourth-order valence-electron chi connectivity index (χ4n) is 4.76. The van der Waals surface area contributed by atoms with Crippen molar-refractivity contribution in [2.45, 2.75) is 46.4 Å². The summed E-state index contributed by atoms with van der Waals surface area (Å²) in [7, 11) is 1.63. The van der Waals surface area contributed by atoms with Crippen molar-refractivity contribution < 1.29 is 14.3 Å². The quantitative estimate of drug-likeness (QED) is 0.570. The van der Waals surface area contributed by atoms with Crippen LogP contribution in [0.2, 0.25) is 0 Å². The Labute approximate surface area is 213 Å². The van der Waals surface area contributed by atoms with Crippen LogP contribution in [0.15, 0.2) is 48.5 Å². The van der Waals surface area contributed by atoms with Crippen LogP contribution in [0, 0.1) is 5.92 Å². The minimum atomic E-state index is 0.0362. The van der Waals surface area contributed by atoms with E-state index >= 15 is 0 Å². The molecule has 3 aromatic rings. The van der Waals surface area contributed by atoms with Gasteiger partial charge >= 0.3 is 0 Å². The number of anilines is 1. The second-order valence-electron chi connectivity index (χ2n) is 9.72. The molecular formula is C28H37N5O3. The molecule has 1 aromatic heterocycles. The Morgan fingerprint density at radius 1 is 1.03 bits per heavy atom. The summed E-state index contributed by atoms with van der Waals surface area (Å²) in [6.07, 6.45) is 1.21. The van der Waals surface area contributed by atoms with Gasteiger partial charge in [-0.3, -0.25) is 9.59 Å². The second-order valence-corrected chi connectivity index (χ2v) is 9.72. The lowest BCUT2D eigenvalue weighted by molar-refractivity contribution is -0.131. The molecule has 192 valence electrons. The Kier molecular flexibility index (Phi) is 8.72. The molecule has 0 spiro atoms. The van der Waals surface area contributed by atoms with Crippen molar-refractivity contribution in [2.24, 2.45) is 5.92 Å². The van der Waals surface area contributed by atoms with Crippen molar-refractivity contribution in [1.82, 2.24) is 19.8 Å². The third kappa shape index (κ3) is 6.12. The number of hydrogen-bond acceptors (Lipinski definition) is 5. The molecule has 1 aliphatic heterocycles. The smallest absolute Gasteiger partial charge is 0.242 e. The molecular weight excluding hydrogens is 454 g/mol. The first-order chi connectivity index (χ1) is 17.5. The maximum absolute atomic E-state index is 13.5. The predicted octanol–water partition coefficient (Wildman–Crippen LogP) is 3.58. The first kappa shape index (κ1) is 25.9. The highest BCUT2D eigenvalue weighted by molar-refractivity contribution is 5.94. The van der Waals surface area contributed by atoms with Gasteiger partial charge in [0.2, 0.25) is 11.8 Å². The number of fused-ring (bicyclic) bond motifs is 2. The lowest BCUT2D eigenvalue weighted by Gasteiger charge is -2.27. The van der Waals surface area contributed by atoms with Gasteiger partial charge in [-0.1, -0.05) is 44.2 Å². The van der Waals surface area contributed by atoms with Crippen LogP contribution in [0.3, 0.4) is 0 Å². The molecule has 0 unspecified atom stereocenters. The first-order valence-electron chi connectivity index (χ1n) is 12.8. The van der Waals surface area contributed by atoms with Crippen molar-refractivity contribution in [1.29, 1.82) is 0 Å². The summed E-state index contributed by atoms with van der Waals surface area (Å²) in [5.74, 6) is 1.19. The van der Waals surface area contributed by atoms with E-state index < -0.39 is 0 Å². The van der Waals surface area contributed by atoms with Gasteiger partial charge in [0.1, 0.15) is 19.0 Å². The number of benzene rings is 2. The molecule has 2 heterocycles. The Morgan fingerprint density at radius 2 is 1.81 bits per heavy atom. The number of amides is 2. The van der Waals surface area contributed by atoms with Gasteiger partial charge in [0, 0.05) is 51.9 Å². The highest BCUT2D eigenvalue weighted by Crippen LogP contribution is 2.23. The maximum Gasteiger partial charge on any atom is 0.242 e. The Morgan fingerprint density at radius 3 is 2.61 bits per heavy atom. The molecule has 0 atom stereocenters. The zero-order chi connectivity index (χ0) is 25.5. The van der Waals surface area contributed by atoms with Gasteiger partial charge in [0.05, 0.1) is 11.0 Å². The van der Waals surface area contributed by atoms with E-state index in [-0.39, 0.29) is 24.3 Å². The predicted molar refractivity (Wildman–Crippen MR) is 142 cm³/mol. The molecule has 8 heteroatoms. The van der Waals surface area contributed by atoms with Gasteiger partial charge in [-0.25, -0.2) is 4.98 Å². The summed E-state index contributed by atoms with van der Waals surface area (Å²) in [4.78, 5) is 35.2.